The molecule has 0 saturated carbocycles. The van der Waals surface area contributed by atoms with Crippen LogP contribution in [0.2, 0.25) is 0 Å². The molecule has 1 atom stereocenters. The summed E-state index contributed by atoms with van der Waals surface area (Å²) in [5, 5.41) is 2.92. The van der Waals surface area contributed by atoms with Crippen molar-refractivity contribution in [3.63, 3.8) is 0 Å². The third-order valence-corrected chi connectivity index (χ3v) is 2.45. The summed E-state index contributed by atoms with van der Waals surface area (Å²) >= 11 is 0. The SMILES string of the molecule is CCOC(=O)CCC(=O)NC(CC)C(C)C. The molecular formula is C12H23NO3. The zero-order valence-electron chi connectivity index (χ0n) is 10.7. The molecule has 0 radical (unpaired) electrons. The molecule has 0 fully saturated rings. The first kappa shape index (κ1) is 14.9. The van der Waals surface area contributed by atoms with E-state index >= 15 is 0 Å². The number of hydrogen-bond donors (Lipinski definition) is 1. The fourth-order valence-corrected chi connectivity index (χ4v) is 1.47. The monoisotopic (exact) mass is 229 g/mol. The van der Waals surface area contributed by atoms with Gasteiger partial charge < -0.3 is 10.1 Å². The maximum atomic E-state index is 11.5. The highest BCUT2D eigenvalue weighted by molar-refractivity contribution is 5.81. The van der Waals surface area contributed by atoms with E-state index in [0.717, 1.165) is 6.42 Å². The summed E-state index contributed by atoms with van der Waals surface area (Å²) in [5.74, 6) is 0.0281. The Morgan fingerprint density at radius 2 is 1.81 bits per heavy atom. The molecule has 1 N–H and O–H groups in total. The van der Waals surface area contributed by atoms with Crippen LogP contribution in [0.3, 0.4) is 0 Å². The van der Waals surface area contributed by atoms with Crippen molar-refractivity contribution in [2.24, 2.45) is 5.92 Å². The summed E-state index contributed by atoms with van der Waals surface area (Å²) in [6.07, 6.45) is 1.28. The van der Waals surface area contributed by atoms with Gasteiger partial charge in [-0.3, -0.25) is 9.59 Å². The number of rotatable bonds is 7. The predicted molar refractivity (Wildman–Crippen MR) is 62.9 cm³/mol. The molecule has 0 saturated heterocycles. The summed E-state index contributed by atoms with van der Waals surface area (Å²) in [6.45, 7) is 8.30. The van der Waals surface area contributed by atoms with Gasteiger partial charge in [-0.2, -0.15) is 0 Å². The second kappa shape index (κ2) is 8.13. The maximum absolute atomic E-state index is 11.5. The van der Waals surface area contributed by atoms with Crippen molar-refractivity contribution < 1.29 is 14.3 Å². The molecule has 1 amide bonds. The minimum Gasteiger partial charge on any atom is -0.466 e. The first-order valence-electron chi connectivity index (χ1n) is 5.96. The van der Waals surface area contributed by atoms with Crippen LogP contribution in [-0.4, -0.2) is 24.5 Å². The van der Waals surface area contributed by atoms with E-state index in [1.165, 1.54) is 0 Å². The van der Waals surface area contributed by atoms with E-state index < -0.39 is 0 Å². The minimum absolute atomic E-state index is 0.0754. The quantitative estimate of drug-likeness (QED) is 0.678. The van der Waals surface area contributed by atoms with Crippen molar-refractivity contribution >= 4 is 11.9 Å². The van der Waals surface area contributed by atoms with E-state index in [9.17, 15) is 9.59 Å². The van der Waals surface area contributed by atoms with Crippen molar-refractivity contribution in [3.8, 4) is 0 Å². The number of nitrogens with one attached hydrogen (secondary N) is 1. The molecular weight excluding hydrogens is 206 g/mol. The summed E-state index contributed by atoms with van der Waals surface area (Å²) in [6, 6.07) is 0.190. The van der Waals surface area contributed by atoms with E-state index in [2.05, 4.69) is 19.2 Å². The van der Waals surface area contributed by atoms with Crippen LogP contribution in [0.25, 0.3) is 0 Å². The van der Waals surface area contributed by atoms with Crippen molar-refractivity contribution in [3.05, 3.63) is 0 Å². The third kappa shape index (κ3) is 6.43. The number of carbonyl (C=O) groups is 2. The smallest absolute Gasteiger partial charge is 0.306 e. The zero-order chi connectivity index (χ0) is 12.6. The molecule has 0 spiro atoms. The van der Waals surface area contributed by atoms with Crippen molar-refractivity contribution in [1.29, 1.82) is 0 Å². The Labute approximate surface area is 97.7 Å². The average molecular weight is 229 g/mol. The van der Waals surface area contributed by atoms with E-state index in [-0.39, 0.29) is 30.8 Å². The molecule has 0 heterocycles. The summed E-state index contributed by atoms with van der Waals surface area (Å²) in [5.41, 5.74) is 0. The molecule has 0 bridgehead atoms. The maximum Gasteiger partial charge on any atom is 0.306 e. The molecule has 0 aromatic rings. The van der Waals surface area contributed by atoms with Crippen molar-refractivity contribution in [2.75, 3.05) is 6.61 Å². The van der Waals surface area contributed by atoms with E-state index in [1.807, 2.05) is 6.92 Å². The van der Waals surface area contributed by atoms with Gasteiger partial charge in [0.05, 0.1) is 13.0 Å². The van der Waals surface area contributed by atoms with Gasteiger partial charge >= 0.3 is 5.97 Å². The Bertz CT molecular complexity index is 226. The fourth-order valence-electron chi connectivity index (χ4n) is 1.47. The number of esters is 1. The van der Waals surface area contributed by atoms with Gasteiger partial charge in [0.2, 0.25) is 5.91 Å². The largest absolute Gasteiger partial charge is 0.466 e. The van der Waals surface area contributed by atoms with Gasteiger partial charge in [-0.15, -0.1) is 0 Å². The predicted octanol–water partition coefficient (Wildman–Crippen LogP) is 1.88. The van der Waals surface area contributed by atoms with Crippen LogP contribution in [0.1, 0.15) is 47.0 Å². The highest BCUT2D eigenvalue weighted by Crippen LogP contribution is 2.06. The molecule has 0 aliphatic rings. The lowest BCUT2D eigenvalue weighted by molar-refractivity contribution is -0.144. The van der Waals surface area contributed by atoms with Gasteiger partial charge in [-0.05, 0) is 19.3 Å². The van der Waals surface area contributed by atoms with Crippen LogP contribution < -0.4 is 5.32 Å². The minimum atomic E-state index is -0.310. The Morgan fingerprint density at radius 1 is 1.19 bits per heavy atom. The molecule has 4 nitrogen and oxygen atoms in total. The van der Waals surface area contributed by atoms with Gasteiger partial charge in [0, 0.05) is 12.5 Å². The molecule has 4 heteroatoms. The second-order valence-corrected chi connectivity index (χ2v) is 4.13. The molecule has 0 aliphatic carbocycles. The van der Waals surface area contributed by atoms with Crippen LogP contribution in [-0.2, 0) is 14.3 Å². The van der Waals surface area contributed by atoms with E-state index in [4.69, 9.17) is 4.74 Å². The Balaban J connectivity index is 3.85. The molecule has 0 rings (SSSR count). The standard InChI is InChI=1S/C12H23NO3/c1-5-10(9(3)4)13-11(14)7-8-12(15)16-6-2/h9-10H,5-8H2,1-4H3,(H,13,14). The molecule has 0 aromatic carbocycles. The van der Waals surface area contributed by atoms with E-state index in [0.29, 0.717) is 12.5 Å². The summed E-state index contributed by atoms with van der Waals surface area (Å²) in [4.78, 5) is 22.5. The van der Waals surface area contributed by atoms with Crippen LogP contribution in [0, 0.1) is 5.92 Å². The number of amides is 1. The first-order valence-corrected chi connectivity index (χ1v) is 5.96. The zero-order valence-corrected chi connectivity index (χ0v) is 10.7. The normalized spacial score (nSPS) is 12.3. The van der Waals surface area contributed by atoms with Crippen LogP contribution in [0.4, 0.5) is 0 Å². The van der Waals surface area contributed by atoms with Crippen LogP contribution >= 0.6 is 0 Å². The Hall–Kier alpha value is -1.06. The topological polar surface area (TPSA) is 55.4 Å². The average Bonchev–Trinajstić information content (AvgIpc) is 2.23. The number of carbonyl (C=O) groups excluding carboxylic acids is 2. The van der Waals surface area contributed by atoms with E-state index in [1.54, 1.807) is 6.92 Å². The van der Waals surface area contributed by atoms with Gasteiger partial charge in [0.15, 0.2) is 0 Å². The molecule has 1 unspecified atom stereocenters. The van der Waals surface area contributed by atoms with Gasteiger partial charge in [-0.25, -0.2) is 0 Å². The van der Waals surface area contributed by atoms with Crippen LogP contribution in [0.15, 0.2) is 0 Å². The lowest BCUT2D eigenvalue weighted by Crippen LogP contribution is -2.38. The van der Waals surface area contributed by atoms with Gasteiger partial charge in [0.1, 0.15) is 0 Å². The third-order valence-electron chi connectivity index (χ3n) is 2.45. The van der Waals surface area contributed by atoms with Crippen molar-refractivity contribution in [2.45, 2.75) is 53.0 Å². The molecule has 94 valence electrons. The fraction of sp³-hybridized carbons (Fsp3) is 0.833. The van der Waals surface area contributed by atoms with Gasteiger partial charge in [0.25, 0.3) is 0 Å². The Morgan fingerprint density at radius 3 is 2.25 bits per heavy atom. The molecule has 0 aliphatic heterocycles. The summed E-state index contributed by atoms with van der Waals surface area (Å²) in [7, 11) is 0. The summed E-state index contributed by atoms with van der Waals surface area (Å²) < 4.78 is 4.75. The highest BCUT2D eigenvalue weighted by Gasteiger charge is 2.14. The first-order chi connectivity index (χ1) is 7.51. The highest BCUT2D eigenvalue weighted by atomic mass is 16.5. The van der Waals surface area contributed by atoms with Gasteiger partial charge in [-0.1, -0.05) is 20.8 Å². The van der Waals surface area contributed by atoms with Crippen LogP contribution in [0.5, 0.6) is 0 Å². The lowest BCUT2D eigenvalue weighted by atomic mass is 10.0. The number of ether oxygens (including phenoxy) is 1. The Kier molecular flexibility index (Phi) is 7.60. The number of hydrogen-bond acceptors (Lipinski definition) is 3. The second-order valence-electron chi connectivity index (χ2n) is 4.13. The van der Waals surface area contributed by atoms with Crippen molar-refractivity contribution in [1.82, 2.24) is 5.32 Å². The molecule has 16 heavy (non-hydrogen) atoms. The lowest BCUT2D eigenvalue weighted by Gasteiger charge is -2.20. The molecule has 0 aromatic heterocycles.